The Kier molecular flexibility index (Phi) is 4.16. The van der Waals surface area contributed by atoms with E-state index in [1.165, 1.54) is 5.56 Å². The summed E-state index contributed by atoms with van der Waals surface area (Å²) in [6.45, 7) is 5.86. The van der Waals surface area contributed by atoms with Crippen LogP contribution in [0.4, 0.5) is 0 Å². The highest BCUT2D eigenvalue weighted by Gasteiger charge is 2.64. The van der Waals surface area contributed by atoms with Crippen molar-refractivity contribution in [2.24, 2.45) is 0 Å². The first kappa shape index (κ1) is 18.0. The van der Waals surface area contributed by atoms with Crippen LogP contribution in [-0.4, -0.2) is 53.0 Å². The lowest BCUT2D eigenvalue weighted by atomic mass is 9.59. The number of hydrogen-bond acceptors (Lipinski definition) is 5. The standard InChI is InChI=1S/C23H28N2O3/c1-16-7-8-18(26)21-20(16)23-10-12-25(14-17-5-3-2-4-6-17)15-22(23,27)9-11-24-13-19(23)28-21/h2-8,19,24,26-27H,9-15H2,1H3/t19-,22?,23?/m0/s1. The molecular formula is C23H28N2O3. The normalized spacial score (nSPS) is 32.0. The monoisotopic (exact) mass is 380 g/mol. The van der Waals surface area contributed by atoms with Gasteiger partial charge >= 0.3 is 0 Å². The van der Waals surface area contributed by atoms with Gasteiger partial charge in [-0.15, -0.1) is 0 Å². The number of phenolic OH excluding ortho intramolecular Hbond substituents is 1. The third kappa shape index (κ3) is 2.50. The van der Waals surface area contributed by atoms with E-state index in [9.17, 15) is 10.2 Å². The van der Waals surface area contributed by atoms with Crippen LogP contribution in [0.2, 0.25) is 0 Å². The molecule has 5 heteroatoms. The molecule has 148 valence electrons. The highest BCUT2D eigenvalue weighted by atomic mass is 16.5. The molecule has 3 heterocycles. The van der Waals surface area contributed by atoms with Crippen molar-refractivity contribution < 1.29 is 14.9 Å². The van der Waals surface area contributed by atoms with Crippen molar-refractivity contribution >= 4 is 0 Å². The van der Waals surface area contributed by atoms with Crippen LogP contribution in [0.5, 0.6) is 11.5 Å². The molecule has 0 saturated carbocycles. The highest BCUT2D eigenvalue weighted by Crippen LogP contribution is 2.58. The number of phenols is 1. The summed E-state index contributed by atoms with van der Waals surface area (Å²) >= 11 is 0. The molecule has 0 radical (unpaired) electrons. The van der Waals surface area contributed by atoms with Crippen LogP contribution in [-0.2, 0) is 12.0 Å². The van der Waals surface area contributed by atoms with Crippen LogP contribution in [0.15, 0.2) is 42.5 Å². The molecule has 3 aliphatic rings. The van der Waals surface area contributed by atoms with Crippen molar-refractivity contribution in [1.29, 1.82) is 0 Å². The summed E-state index contributed by atoms with van der Waals surface area (Å²) in [6.07, 6.45) is 1.33. The Labute approximate surface area is 165 Å². The van der Waals surface area contributed by atoms with Gasteiger partial charge in [-0.2, -0.15) is 0 Å². The maximum Gasteiger partial charge on any atom is 0.165 e. The number of likely N-dealkylation sites (tertiary alicyclic amines) is 1. The molecule has 0 amide bonds. The van der Waals surface area contributed by atoms with E-state index in [4.69, 9.17) is 4.74 Å². The van der Waals surface area contributed by atoms with E-state index in [2.05, 4.69) is 41.4 Å². The van der Waals surface area contributed by atoms with E-state index < -0.39 is 11.0 Å². The molecular weight excluding hydrogens is 352 g/mol. The lowest BCUT2D eigenvalue weighted by Gasteiger charge is -2.53. The summed E-state index contributed by atoms with van der Waals surface area (Å²) in [6, 6.07) is 14.1. The number of hydrogen-bond donors (Lipinski definition) is 3. The average molecular weight is 380 g/mol. The minimum atomic E-state index is -0.905. The third-order valence-corrected chi connectivity index (χ3v) is 7.03. The Morgan fingerprint density at radius 1 is 1.18 bits per heavy atom. The molecule has 3 N–H and O–H groups in total. The van der Waals surface area contributed by atoms with Gasteiger partial charge in [0, 0.05) is 25.2 Å². The number of nitrogens with one attached hydrogen (secondary N) is 1. The summed E-state index contributed by atoms with van der Waals surface area (Å²) in [5, 5.41) is 26.0. The van der Waals surface area contributed by atoms with Gasteiger partial charge in [0.2, 0.25) is 0 Å². The van der Waals surface area contributed by atoms with Crippen molar-refractivity contribution in [2.45, 2.75) is 43.4 Å². The Morgan fingerprint density at radius 2 is 2.00 bits per heavy atom. The molecule has 1 spiro atoms. The fourth-order valence-electron chi connectivity index (χ4n) is 5.75. The summed E-state index contributed by atoms with van der Waals surface area (Å²) in [5.74, 6) is 0.751. The van der Waals surface area contributed by atoms with Crippen LogP contribution in [0, 0.1) is 6.92 Å². The zero-order chi connectivity index (χ0) is 19.4. The third-order valence-electron chi connectivity index (χ3n) is 7.03. The number of nitrogens with zero attached hydrogens (tertiary/aromatic N) is 1. The molecule has 2 aromatic rings. The Bertz CT molecular complexity index is 887. The topological polar surface area (TPSA) is 65.0 Å². The summed E-state index contributed by atoms with van der Waals surface area (Å²) in [4.78, 5) is 2.36. The molecule has 2 unspecified atom stereocenters. The van der Waals surface area contributed by atoms with Gasteiger partial charge in [-0.1, -0.05) is 36.4 Å². The second kappa shape index (κ2) is 6.48. The summed E-state index contributed by atoms with van der Waals surface area (Å²) in [5.41, 5.74) is 1.98. The van der Waals surface area contributed by atoms with Crippen LogP contribution in [0.1, 0.15) is 29.5 Å². The van der Waals surface area contributed by atoms with Gasteiger partial charge in [0.05, 0.1) is 11.0 Å². The van der Waals surface area contributed by atoms with Gasteiger partial charge in [-0.3, -0.25) is 4.90 Å². The van der Waals surface area contributed by atoms with E-state index in [1.807, 2.05) is 12.1 Å². The Morgan fingerprint density at radius 3 is 2.82 bits per heavy atom. The minimum Gasteiger partial charge on any atom is -0.504 e. The van der Waals surface area contributed by atoms with Gasteiger partial charge in [0.1, 0.15) is 6.10 Å². The second-order valence-electron chi connectivity index (χ2n) is 8.62. The van der Waals surface area contributed by atoms with Crippen LogP contribution in [0.3, 0.4) is 0 Å². The van der Waals surface area contributed by atoms with Gasteiger partial charge < -0.3 is 20.3 Å². The Balaban J connectivity index is 1.56. The van der Waals surface area contributed by atoms with E-state index in [0.29, 0.717) is 25.3 Å². The smallest absolute Gasteiger partial charge is 0.165 e. The van der Waals surface area contributed by atoms with E-state index in [1.54, 1.807) is 6.07 Å². The molecule has 0 bridgehead atoms. The molecule has 2 aromatic carbocycles. The number of benzene rings is 2. The van der Waals surface area contributed by atoms with Crippen molar-refractivity contribution in [2.75, 3.05) is 26.2 Å². The van der Waals surface area contributed by atoms with Crippen LogP contribution < -0.4 is 10.1 Å². The predicted molar refractivity (Wildman–Crippen MR) is 108 cm³/mol. The lowest BCUT2D eigenvalue weighted by Crippen LogP contribution is -2.66. The van der Waals surface area contributed by atoms with Gasteiger partial charge in [-0.05, 0) is 50.0 Å². The van der Waals surface area contributed by atoms with E-state index in [-0.39, 0.29) is 11.9 Å². The van der Waals surface area contributed by atoms with Crippen molar-refractivity contribution in [3.05, 3.63) is 59.2 Å². The lowest BCUT2D eigenvalue weighted by molar-refractivity contribution is -0.120. The molecule has 3 atom stereocenters. The zero-order valence-electron chi connectivity index (χ0n) is 16.3. The molecule has 28 heavy (non-hydrogen) atoms. The van der Waals surface area contributed by atoms with Gasteiger partial charge in [0.25, 0.3) is 0 Å². The zero-order valence-corrected chi connectivity index (χ0v) is 16.3. The number of rotatable bonds is 2. The maximum absolute atomic E-state index is 12.1. The molecule has 0 aromatic heterocycles. The molecule has 0 aliphatic carbocycles. The first-order valence-electron chi connectivity index (χ1n) is 10.2. The quantitative estimate of drug-likeness (QED) is 0.746. The van der Waals surface area contributed by atoms with Crippen molar-refractivity contribution in [3.8, 4) is 11.5 Å². The molecule has 3 aliphatic heterocycles. The molecule has 2 saturated heterocycles. The highest BCUT2D eigenvalue weighted by molar-refractivity contribution is 5.59. The van der Waals surface area contributed by atoms with Crippen molar-refractivity contribution in [3.63, 3.8) is 0 Å². The average Bonchev–Trinajstić information content (AvgIpc) is 2.96. The minimum absolute atomic E-state index is 0.166. The first-order chi connectivity index (χ1) is 13.5. The number of piperidine rings is 1. The summed E-state index contributed by atoms with van der Waals surface area (Å²) in [7, 11) is 0. The largest absolute Gasteiger partial charge is 0.504 e. The van der Waals surface area contributed by atoms with Gasteiger partial charge in [-0.25, -0.2) is 0 Å². The Hall–Kier alpha value is -2.08. The molecule has 2 fully saturated rings. The number of ether oxygens (including phenoxy) is 1. The number of aliphatic hydroxyl groups is 1. The first-order valence-corrected chi connectivity index (χ1v) is 10.2. The van der Waals surface area contributed by atoms with Crippen LogP contribution in [0.25, 0.3) is 0 Å². The molecule has 5 nitrogen and oxygen atoms in total. The SMILES string of the molecule is Cc1ccc(O)c2c1C13CCN(Cc4ccccc4)CC1(O)CCNC[C@@H]3O2. The number of β-amino-alcohol motifs (C(OH)–C–C–N with tert-alkyl or cyclic N) is 1. The van der Waals surface area contributed by atoms with E-state index >= 15 is 0 Å². The summed E-state index contributed by atoms with van der Waals surface area (Å²) < 4.78 is 6.29. The number of aromatic hydroxyl groups is 1. The fraction of sp³-hybridized carbons (Fsp3) is 0.478. The molecule has 5 rings (SSSR count). The van der Waals surface area contributed by atoms with Gasteiger partial charge in [0.15, 0.2) is 11.5 Å². The second-order valence-corrected chi connectivity index (χ2v) is 8.62. The van der Waals surface area contributed by atoms with Crippen LogP contribution >= 0.6 is 0 Å². The van der Waals surface area contributed by atoms with Crippen molar-refractivity contribution in [1.82, 2.24) is 10.2 Å². The fourth-order valence-corrected chi connectivity index (χ4v) is 5.75. The van der Waals surface area contributed by atoms with E-state index in [0.717, 1.165) is 37.2 Å². The maximum atomic E-state index is 12.1. The number of aryl methyl sites for hydroxylation is 1. The number of fused-ring (bicyclic) bond motifs is 1. The predicted octanol–water partition coefficient (Wildman–Crippen LogP) is 2.33.